The van der Waals surface area contributed by atoms with Crippen molar-refractivity contribution in [2.24, 2.45) is 0 Å². The molecule has 0 aliphatic rings. The van der Waals surface area contributed by atoms with Crippen LogP contribution in [0.2, 0.25) is 0 Å². The molecule has 0 aromatic heterocycles. The molecule has 0 radical (unpaired) electrons. The normalized spacial score (nSPS) is 11.7. The first-order valence-corrected chi connectivity index (χ1v) is 13.5. The smallest absolute Gasteiger partial charge is 0.344 e. The van der Waals surface area contributed by atoms with Gasteiger partial charge in [-0.1, -0.05) is 24.3 Å². The summed E-state index contributed by atoms with van der Waals surface area (Å²) < 4.78 is 33.5. The summed E-state index contributed by atoms with van der Waals surface area (Å²) in [5.74, 6) is -2.28. The van der Waals surface area contributed by atoms with E-state index >= 15 is 0 Å². The van der Waals surface area contributed by atoms with Crippen LogP contribution >= 0.6 is 7.60 Å². The fourth-order valence-electron chi connectivity index (χ4n) is 3.58. The minimum atomic E-state index is -3.07. The maximum atomic E-state index is 12.8. The van der Waals surface area contributed by atoms with E-state index in [-0.39, 0.29) is 19.6 Å². The zero-order chi connectivity index (χ0) is 25.6. The molecule has 0 unspecified atom stereocenters. The van der Waals surface area contributed by atoms with Crippen molar-refractivity contribution < 1.29 is 37.5 Å². The highest BCUT2D eigenvalue weighted by Crippen LogP contribution is 2.48. The number of benzene rings is 1. The van der Waals surface area contributed by atoms with Gasteiger partial charge in [-0.15, -0.1) is 0 Å². The number of hydrogen-bond acceptors (Lipinski definition) is 8. The van der Waals surface area contributed by atoms with Gasteiger partial charge in [-0.2, -0.15) is 0 Å². The van der Waals surface area contributed by atoms with Crippen molar-refractivity contribution in [1.29, 1.82) is 0 Å². The molecule has 34 heavy (non-hydrogen) atoms. The standard InChI is InChI=1S/C24H38NO8P/c1-6-30-22(27)24(25-19(5)26,23(28)31-7-2)18-21-15-12-14-20(17-21)13-10-11-16-34(29,32-8-3)33-9-4/h12,14-15,17H,6-11,13,16,18H2,1-5H3,(H,25,26). The van der Waals surface area contributed by atoms with Crippen LogP contribution in [0, 0.1) is 0 Å². The van der Waals surface area contributed by atoms with Crippen LogP contribution in [0.15, 0.2) is 24.3 Å². The van der Waals surface area contributed by atoms with E-state index in [0.29, 0.717) is 37.8 Å². The quantitative estimate of drug-likeness (QED) is 0.158. The monoisotopic (exact) mass is 499 g/mol. The fourth-order valence-corrected chi connectivity index (χ4v) is 5.31. The highest BCUT2D eigenvalue weighted by Gasteiger charge is 2.50. The molecule has 0 aliphatic heterocycles. The molecular weight excluding hydrogens is 461 g/mol. The summed E-state index contributed by atoms with van der Waals surface area (Å²) in [5.41, 5.74) is -0.329. The van der Waals surface area contributed by atoms with Crippen LogP contribution in [0.5, 0.6) is 0 Å². The molecule has 0 saturated heterocycles. The summed E-state index contributed by atoms with van der Waals surface area (Å²) in [5, 5.41) is 2.48. The molecule has 192 valence electrons. The second-order valence-electron chi connectivity index (χ2n) is 7.65. The lowest BCUT2D eigenvalue weighted by atomic mass is 9.89. The van der Waals surface area contributed by atoms with Gasteiger partial charge < -0.3 is 23.8 Å². The molecule has 0 fully saturated rings. The van der Waals surface area contributed by atoms with Crippen LogP contribution in [0.25, 0.3) is 0 Å². The lowest BCUT2D eigenvalue weighted by Gasteiger charge is -2.30. The zero-order valence-electron chi connectivity index (χ0n) is 20.9. The number of rotatable bonds is 16. The Balaban J connectivity index is 3.01. The van der Waals surface area contributed by atoms with Crippen molar-refractivity contribution in [1.82, 2.24) is 5.32 Å². The minimum absolute atomic E-state index is 0.0486. The summed E-state index contributed by atoms with van der Waals surface area (Å²) in [6.45, 7) is 8.80. The molecule has 1 N–H and O–H groups in total. The Hall–Kier alpha value is -2.22. The van der Waals surface area contributed by atoms with Crippen molar-refractivity contribution in [3.63, 3.8) is 0 Å². The highest BCUT2D eigenvalue weighted by atomic mass is 31.2. The Morgan fingerprint density at radius 2 is 1.44 bits per heavy atom. The van der Waals surface area contributed by atoms with E-state index in [0.717, 1.165) is 12.0 Å². The summed E-state index contributed by atoms with van der Waals surface area (Å²) in [7, 11) is -3.07. The predicted octanol–water partition coefficient (Wildman–Crippen LogP) is 3.82. The van der Waals surface area contributed by atoms with Gasteiger partial charge in [-0.25, -0.2) is 9.59 Å². The molecule has 1 aromatic rings. The number of carbonyl (C=O) groups is 3. The van der Waals surface area contributed by atoms with E-state index in [1.165, 1.54) is 6.92 Å². The van der Waals surface area contributed by atoms with Crippen molar-refractivity contribution in [3.8, 4) is 0 Å². The number of ether oxygens (including phenoxy) is 2. The van der Waals surface area contributed by atoms with Crippen LogP contribution in [0.3, 0.4) is 0 Å². The first kappa shape index (κ1) is 29.8. The van der Waals surface area contributed by atoms with Crippen molar-refractivity contribution >= 4 is 25.4 Å². The van der Waals surface area contributed by atoms with Gasteiger partial charge in [0.1, 0.15) is 0 Å². The SMILES string of the molecule is CCOC(=O)C(Cc1cccc(CCCCP(=O)(OCC)OCC)c1)(NC(C)=O)C(=O)OCC. The number of esters is 2. The largest absolute Gasteiger partial charge is 0.464 e. The molecule has 1 rings (SSSR count). The molecule has 1 amide bonds. The molecule has 1 aromatic carbocycles. The van der Waals surface area contributed by atoms with Gasteiger partial charge in [0.25, 0.3) is 0 Å². The first-order valence-electron chi connectivity index (χ1n) is 11.7. The van der Waals surface area contributed by atoms with E-state index in [1.54, 1.807) is 33.8 Å². The van der Waals surface area contributed by atoms with E-state index in [9.17, 15) is 18.9 Å². The number of hydrogen-bond donors (Lipinski definition) is 1. The Bertz CT molecular complexity index is 829. The topological polar surface area (TPSA) is 117 Å². The van der Waals surface area contributed by atoms with Gasteiger partial charge in [0, 0.05) is 13.3 Å². The average molecular weight is 500 g/mol. The predicted molar refractivity (Wildman–Crippen MR) is 129 cm³/mol. The van der Waals surface area contributed by atoms with Crippen LogP contribution in [0.1, 0.15) is 58.6 Å². The molecule has 0 aliphatic carbocycles. The third kappa shape index (κ3) is 9.20. The molecule has 0 bridgehead atoms. The van der Waals surface area contributed by atoms with Gasteiger partial charge in [0.05, 0.1) is 32.6 Å². The number of amides is 1. The number of nitrogens with one attached hydrogen (secondary N) is 1. The second-order valence-corrected chi connectivity index (χ2v) is 9.84. The Morgan fingerprint density at radius 3 is 1.94 bits per heavy atom. The summed E-state index contributed by atoms with van der Waals surface area (Å²) in [6.07, 6.45) is 2.33. The molecule has 9 nitrogen and oxygen atoms in total. The third-order valence-electron chi connectivity index (χ3n) is 4.90. The molecule has 0 spiro atoms. The average Bonchev–Trinajstić information content (AvgIpc) is 2.77. The van der Waals surface area contributed by atoms with Gasteiger partial charge in [0.2, 0.25) is 11.4 Å². The molecule has 0 atom stereocenters. The van der Waals surface area contributed by atoms with Gasteiger partial charge >= 0.3 is 19.5 Å². The highest BCUT2D eigenvalue weighted by molar-refractivity contribution is 7.53. The Kier molecular flexibility index (Phi) is 13.1. The van der Waals surface area contributed by atoms with Crippen LogP contribution in [-0.4, -0.2) is 56.0 Å². The van der Waals surface area contributed by atoms with Gasteiger partial charge in [0.15, 0.2) is 0 Å². The fraction of sp³-hybridized carbons (Fsp3) is 0.625. The lowest BCUT2D eigenvalue weighted by Crippen LogP contribution is -2.62. The molecule has 10 heteroatoms. The molecular formula is C24H38NO8P. The minimum Gasteiger partial charge on any atom is -0.464 e. The number of aryl methyl sites for hydroxylation is 1. The first-order chi connectivity index (χ1) is 16.2. The summed E-state index contributed by atoms with van der Waals surface area (Å²) in [6, 6.07) is 7.41. The van der Waals surface area contributed by atoms with Crippen molar-refractivity contribution in [2.45, 2.75) is 65.8 Å². The van der Waals surface area contributed by atoms with Crippen molar-refractivity contribution in [2.75, 3.05) is 32.6 Å². The Morgan fingerprint density at radius 1 is 0.882 bits per heavy atom. The number of unbranched alkanes of at least 4 members (excludes halogenated alkanes) is 1. The van der Waals surface area contributed by atoms with Crippen molar-refractivity contribution in [3.05, 3.63) is 35.4 Å². The van der Waals surface area contributed by atoms with Crippen LogP contribution in [0.4, 0.5) is 0 Å². The van der Waals surface area contributed by atoms with E-state index in [4.69, 9.17) is 18.5 Å². The molecule has 0 heterocycles. The lowest BCUT2D eigenvalue weighted by molar-refractivity contribution is -0.168. The Labute approximate surface area is 202 Å². The number of carbonyl (C=O) groups excluding carboxylic acids is 3. The van der Waals surface area contributed by atoms with E-state index in [1.807, 2.05) is 18.2 Å². The summed E-state index contributed by atoms with van der Waals surface area (Å²) in [4.78, 5) is 37.6. The second kappa shape index (κ2) is 14.9. The maximum Gasteiger partial charge on any atom is 0.344 e. The zero-order valence-corrected chi connectivity index (χ0v) is 21.8. The van der Waals surface area contributed by atoms with Crippen LogP contribution in [-0.2, 0) is 50.3 Å². The third-order valence-corrected chi connectivity index (χ3v) is 7.06. The van der Waals surface area contributed by atoms with Gasteiger partial charge in [-0.05, 0) is 58.1 Å². The van der Waals surface area contributed by atoms with Crippen LogP contribution < -0.4 is 5.32 Å². The van der Waals surface area contributed by atoms with Gasteiger partial charge in [-0.3, -0.25) is 9.36 Å². The maximum absolute atomic E-state index is 12.8. The summed E-state index contributed by atoms with van der Waals surface area (Å²) >= 11 is 0. The molecule has 0 saturated carbocycles. The van der Waals surface area contributed by atoms with E-state index < -0.39 is 31.0 Å². The van der Waals surface area contributed by atoms with E-state index in [2.05, 4.69) is 5.32 Å².